The fourth-order valence-corrected chi connectivity index (χ4v) is 2.99. The molecule has 3 amide bonds. The molecule has 34 heavy (non-hydrogen) atoms. The Morgan fingerprint density at radius 3 is 1.97 bits per heavy atom. The maximum atomic E-state index is 12.2. The Bertz CT molecular complexity index is 809. The Morgan fingerprint density at radius 1 is 1.00 bits per heavy atom. The summed E-state index contributed by atoms with van der Waals surface area (Å²) < 4.78 is 4.51. The third-order valence-electron chi connectivity index (χ3n) is 4.54. The zero-order valence-electron chi connectivity index (χ0n) is 20.2. The highest BCUT2D eigenvalue weighted by Crippen LogP contribution is 2.17. The van der Waals surface area contributed by atoms with Crippen molar-refractivity contribution in [3.63, 3.8) is 0 Å². The first kappa shape index (κ1) is 30.5. The summed E-state index contributed by atoms with van der Waals surface area (Å²) >= 11 is 0. The number of ether oxygens (including phenoxy) is 1. The van der Waals surface area contributed by atoms with E-state index in [9.17, 15) is 24.0 Å². The number of nitrogens with one attached hydrogen (secondary N) is 3. The summed E-state index contributed by atoms with van der Waals surface area (Å²) in [5, 5.41) is 22.6. The number of carboxylic acids is 1. The van der Waals surface area contributed by atoms with Crippen molar-refractivity contribution in [2.45, 2.75) is 53.0 Å². The van der Waals surface area contributed by atoms with Gasteiger partial charge in [-0.25, -0.2) is 15.1 Å². The van der Waals surface area contributed by atoms with E-state index in [1.165, 1.54) is 12.6 Å². The number of carboxylic acid groups (broad SMARTS) is 1. The zero-order valence-corrected chi connectivity index (χ0v) is 20.2. The van der Waals surface area contributed by atoms with Gasteiger partial charge in [-0.2, -0.15) is 0 Å². The van der Waals surface area contributed by atoms with Gasteiger partial charge >= 0.3 is 11.9 Å². The molecule has 0 aromatic heterocycles. The van der Waals surface area contributed by atoms with Crippen molar-refractivity contribution in [3.8, 4) is 0 Å². The lowest BCUT2D eigenvalue weighted by Crippen LogP contribution is -2.45. The monoisotopic (exact) mass is 481 g/mol. The van der Waals surface area contributed by atoms with Crippen molar-refractivity contribution in [3.05, 3.63) is 29.8 Å². The minimum atomic E-state index is -1.09. The molecular formula is C23H35N3O8. The number of carbonyl (C=O) groups is 5. The van der Waals surface area contributed by atoms with Crippen LogP contribution in [0.2, 0.25) is 0 Å². The molecule has 0 aliphatic heterocycles. The van der Waals surface area contributed by atoms with Crippen LogP contribution in [-0.2, 0) is 23.9 Å². The molecule has 0 radical (unpaired) electrons. The maximum absolute atomic E-state index is 12.2. The molecule has 5 N–H and O–H groups in total. The van der Waals surface area contributed by atoms with Gasteiger partial charge in [0.1, 0.15) is 6.04 Å². The van der Waals surface area contributed by atoms with Gasteiger partial charge < -0.3 is 20.5 Å². The number of hydroxylamine groups is 1. The lowest BCUT2D eigenvalue weighted by atomic mass is 9.92. The standard InChI is InChI=1S/C14H26N2O5.C9H9NO3/c1-8(2)5-10(7-12(17)16-21)13(18)15-11(14(19)20)6-9(3)4;1-13-9(12)7-2-4-8(5-3-7)10-6-11/h8-11,21H,5-7H2,1-4H3,(H,15,18)(H,16,17)(H,19,20);2-6H,1H3,(H,10,11)/t10?,11-;/m0./s1. The van der Waals surface area contributed by atoms with Crippen LogP contribution in [-0.4, -0.2) is 53.6 Å². The molecule has 0 aliphatic rings. The van der Waals surface area contributed by atoms with E-state index >= 15 is 0 Å². The molecule has 1 aromatic carbocycles. The Labute approximate surface area is 199 Å². The molecule has 11 heteroatoms. The molecule has 0 spiro atoms. The first-order valence-electron chi connectivity index (χ1n) is 10.8. The Balaban J connectivity index is 0.000000712. The van der Waals surface area contributed by atoms with E-state index in [0.717, 1.165) is 0 Å². The SMILES string of the molecule is CC(C)CC(CC(=O)NO)C(=O)N[C@@H](CC(C)C)C(=O)O.COC(=O)c1ccc(NC=O)cc1. The van der Waals surface area contributed by atoms with E-state index in [0.29, 0.717) is 30.5 Å². The van der Waals surface area contributed by atoms with E-state index < -0.39 is 35.7 Å². The number of aliphatic carboxylic acids is 1. The number of rotatable bonds is 12. The molecule has 1 rings (SSSR count). The lowest BCUT2D eigenvalue weighted by Gasteiger charge is -2.22. The van der Waals surface area contributed by atoms with Crippen molar-refractivity contribution in [1.29, 1.82) is 0 Å². The second-order valence-corrected chi connectivity index (χ2v) is 8.43. The summed E-state index contributed by atoms with van der Waals surface area (Å²) in [7, 11) is 1.32. The molecule has 1 aromatic rings. The van der Waals surface area contributed by atoms with E-state index in [2.05, 4.69) is 15.4 Å². The van der Waals surface area contributed by atoms with Crippen LogP contribution in [0, 0.1) is 17.8 Å². The van der Waals surface area contributed by atoms with E-state index in [-0.39, 0.29) is 18.3 Å². The summed E-state index contributed by atoms with van der Waals surface area (Å²) in [5.74, 6) is -2.99. The van der Waals surface area contributed by atoms with Gasteiger partial charge in [0.05, 0.1) is 12.7 Å². The molecule has 1 unspecified atom stereocenters. The molecular weight excluding hydrogens is 446 g/mol. The van der Waals surface area contributed by atoms with Crippen molar-refractivity contribution < 1.29 is 39.0 Å². The number of amides is 3. The van der Waals surface area contributed by atoms with Gasteiger partial charge in [-0.15, -0.1) is 0 Å². The Kier molecular flexibility index (Phi) is 14.5. The first-order chi connectivity index (χ1) is 15.9. The van der Waals surface area contributed by atoms with Gasteiger partial charge in [-0.1, -0.05) is 27.7 Å². The van der Waals surface area contributed by atoms with Crippen molar-refractivity contribution >= 4 is 35.9 Å². The quantitative estimate of drug-likeness (QED) is 0.131. The fraction of sp³-hybridized carbons (Fsp3) is 0.522. The second-order valence-electron chi connectivity index (χ2n) is 8.43. The van der Waals surface area contributed by atoms with Gasteiger partial charge in [-0.05, 0) is 48.9 Å². The van der Waals surface area contributed by atoms with Gasteiger partial charge in [0.2, 0.25) is 18.2 Å². The number of methoxy groups -OCH3 is 1. The second kappa shape index (κ2) is 16.2. The summed E-state index contributed by atoms with van der Waals surface area (Å²) in [4.78, 5) is 55.6. The highest BCUT2D eigenvalue weighted by atomic mass is 16.5. The molecule has 2 atom stereocenters. The summed E-state index contributed by atoms with van der Waals surface area (Å²) in [6, 6.07) is 5.45. The average Bonchev–Trinajstić information content (AvgIpc) is 2.78. The molecule has 0 heterocycles. The average molecular weight is 482 g/mol. The molecule has 190 valence electrons. The van der Waals surface area contributed by atoms with Crippen molar-refractivity contribution in [2.24, 2.45) is 17.8 Å². The minimum Gasteiger partial charge on any atom is -0.480 e. The van der Waals surface area contributed by atoms with Crippen LogP contribution in [0.25, 0.3) is 0 Å². The molecule has 0 aliphatic carbocycles. The minimum absolute atomic E-state index is 0.121. The molecule has 0 saturated heterocycles. The topological polar surface area (TPSA) is 171 Å². The van der Waals surface area contributed by atoms with Crippen LogP contribution in [0.4, 0.5) is 5.69 Å². The number of esters is 1. The lowest BCUT2D eigenvalue weighted by molar-refractivity contribution is -0.143. The molecule has 0 fully saturated rings. The number of hydrogen-bond acceptors (Lipinski definition) is 7. The summed E-state index contributed by atoms with van der Waals surface area (Å²) in [6.45, 7) is 7.54. The van der Waals surface area contributed by atoms with Crippen LogP contribution in [0.15, 0.2) is 24.3 Å². The Morgan fingerprint density at radius 2 is 1.56 bits per heavy atom. The highest BCUT2D eigenvalue weighted by molar-refractivity contribution is 5.90. The predicted octanol–water partition coefficient (Wildman–Crippen LogP) is 2.20. The summed E-state index contributed by atoms with van der Waals surface area (Å²) in [5.41, 5.74) is 2.60. The smallest absolute Gasteiger partial charge is 0.337 e. The highest BCUT2D eigenvalue weighted by Gasteiger charge is 2.28. The van der Waals surface area contributed by atoms with E-state index in [4.69, 9.17) is 10.3 Å². The van der Waals surface area contributed by atoms with Gasteiger partial charge in [0.15, 0.2) is 0 Å². The normalized spacial score (nSPS) is 12.0. The van der Waals surface area contributed by atoms with Crippen LogP contribution in [0.5, 0.6) is 0 Å². The van der Waals surface area contributed by atoms with E-state index in [1.54, 1.807) is 24.3 Å². The third-order valence-corrected chi connectivity index (χ3v) is 4.54. The largest absolute Gasteiger partial charge is 0.480 e. The zero-order chi connectivity index (χ0) is 26.3. The van der Waals surface area contributed by atoms with Crippen LogP contribution < -0.4 is 16.1 Å². The van der Waals surface area contributed by atoms with Gasteiger partial charge in [0, 0.05) is 18.0 Å². The number of anilines is 1. The van der Waals surface area contributed by atoms with Crippen LogP contribution >= 0.6 is 0 Å². The van der Waals surface area contributed by atoms with Gasteiger partial charge in [-0.3, -0.25) is 19.6 Å². The van der Waals surface area contributed by atoms with Crippen LogP contribution in [0.3, 0.4) is 0 Å². The fourth-order valence-electron chi connectivity index (χ4n) is 2.99. The third kappa shape index (κ3) is 12.5. The van der Waals surface area contributed by atoms with Gasteiger partial charge in [0.25, 0.3) is 0 Å². The number of carbonyl (C=O) groups excluding carboxylic acids is 4. The summed E-state index contributed by atoms with van der Waals surface area (Å²) in [6.07, 6.45) is 1.16. The maximum Gasteiger partial charge on any atom is 0.337 e. The number of benzene rings is 1. The van der Waals surface area contributed by atoms with Crippen LogP contribution in [0.1, 0.15) is 57.3 Å². The van der Waals surface area contributed by atoms with Crippen molar-refractivity contribution in [2.75, 3.05) is 12.4 Å². The molecule has 11 nitrogen and oxygen atoms in total. The van der Waals surface area contributed by atoms with Crippen molar-refractivity contribution in [1.82, 2.24) is 10.8 Å². The Hall–Kier alpha value is -3.47. The first-order valence-corrected chi connectivity index (χ1v) is 10.8. The molecule has 0 bridgehead atoms. The van der Waals surface area contributed by atoms with E-state index in [1.807, 2.05) is 27.7 Å². The molecule has 0 saturated carbocycles. The number of hydrogen-bond donors (Lipinski definition) is 5. The predicted molar refractivity (Wildman–Crippen MR) is 124 cm³/mol.